The maximum atomic E-state index is 5.88. The average molecular weight is 252 g/mol. The Hall–Kier alpha value is -2.01. The van der Waals surface area contributed by atoms with Crippen molar-refractivity contribution in [2.75, 3.05) is 12.8 Å². The first-order valence-corrected chi connectivity index (χ1v) is 5.17. The van der Waals surface area contributed by atoms with Gasteiger partial charge in [0.15, 0.2) is 0 Å². The number of benzene rings is 1. The first-order chi connectivity index (χ1) is 8.19. The molecule has 1 aromatic heterocycles. The van der Waals surface area contributed by atoms with Gasteiger partial charge in [-0.1, -0.05) is 17.7 Å². The van der Waals surface area contributed by atoms with E-state index in [0.717, 1.165) is 0 Å². The fourth-order valence-corrected chi connectivity index (χ4v) is 1.34. The van der Waals surface area contributed by atoms with E-state index < -0.39 is 0 Å². The second-order valence-corrected chi connectivity index (χ2v) is 3.57. The molecule has 2 aromatic rings. The summed E-state index contributed by atoms with van der Waals surface area (Å²) in [5.74, 6) is 1.56. The standard InChI is InChI=1S/C11H10ClN3O2/c1-16-7-3-2-4-8(5-7)17-10-9(12)6-14-11(13)15-10/h2-6H,1H3,(H2,13,14,15). The molecule has 0 fully saturated rings. The van der Waals surface area contributed by atoms with Gasteiger partial charge in [0.25, 0.3) is 0 Å². The lowest BCUT2D eigenvalue weighted by Gasteiger charge is -2.07. The van der Waals surface area contributed by atoms with Gasteiger partial charge in [0.2, 0.25) is 11.8 Å². The molecule has 6 heteroatoms. The highest BCUT2D eigenvalue weighted by Gasteiger charge is 2.07. The molecule has 0 spiro atoms. The first-order valence-electron chi connectivity index (χ1n) is 4.79. The van der Waals surface area contributed by atoms with Gasteiger partial charge in [-0.3, -0.25) is 0 Å². The molecule has 0 amide bonds. The van der Waals surface area contributed by atoms with E-state index in [9.17, 15) is 0 Å². The van der Waals surface area contributed by atoms with Crippen LogP contribution in [0.25, 0.3) is 0 Å². The smallest absolute Gasteiger partial charge is 0.243 e. The van der Waals surface area contributed by atoms with Crippen LogP contribution in [0.1, 0.15) is 0 Å². The number of anilines is 1. The van der Waals surface area contributed by atoms with Crippen LogP contribution in [0.3, 0.4) is 0 Å². The van der Waals surface area contributed by atoms with Crippen LogP contribution in [-0.2, 0) is 0 Å². The molecule has 17 heavy (non-hydrogen) atoms. The van der Waals surface area contributed by atoms with E-state index in [-0.39, 0.29) is 11.8 Å². The summed E-state index contributed by atoms with van der Waals surface area (Å²) in [7, 11) is 1.58. The van der Waals surface area contributed by atoms with Crippen LogP contribution in [0, 0.1) is 0 Å². The third-order valence-electron chi connectivity index (χ3n) is 1.99. The van der Waals surface area contributed by atoms with Gasteiger partial charge < -0.3 is 15.2 Å². The Bertz CT molecular complexity index is 534. The highest BCUT2D eigenvalue weighted by atomic mass is 35.5. The van der Waals surface area contributed by atoms with Crippen molar-refractivity contribution >= 4 is 17.5 Å². The third kappa shape index (κ3) is 2.76. The molecule has 5 nitrogen and oxygen atoms in total. The number of hydrogen-bond donors (Lipinski definition) is 1. The summed E-state index contributed by atoms with van der Waals surface area (Å²) in [4.78, 5) is 7.64. The molecule has 0 aliphatic carbocycles. The van der Waals surface area contributed by atoms with E-state index in [1.165, 1.54) is 6.20 Å². The van der Waals surface area contributed by atoms with Crippen molar-refractivity contribution in [3.63, 3.8) is 0 Å². The largest absolute Gasteiger partial charge is 0.497 e. The fraction of sp³-hybridized carbons (Fsp3) is 0.0909. The molecule has 1 heterocycles. The summed E-state index contributed by atoms with van der Waals surface area (Å²) < 4.78 is 10.6. The lowest BCUT2D eigenvalue weighted by atomic mass is 10.3. The van der Waals surface area contributed by atoms with E-state index in [2.05, 4.69) is 9.97 Å². The van der Waals surface area contributed by atoms with E-state index in [1.54, 1.807) is 25.3 Å². The van der Waals surface area contributed by atoms with Crippen LogP contribution in [0.4, 0.5) is 5.95 Å². The van der Waals surface area contributed by atoms with Crippen LogP contribution < -0.4 is 15.2 Å². The maximum Gasteiger partial charge on any atom is 0.243 e. The molecule has 0 bridgehead atoms. The molecule has 0 aliphatic heterocycles. The number of nitrogens with two attached hydrogens (primary N) is 1. The number of nitrogens with zero attached hydrogens (tertiary/aromatic N) is 2. The lowest BCUT2D eigenvalue weighted by molar-refractivity contribution is 0.407. The zero-order chi connectivity index (χ0) is 12.3. The van der Waals surface area contributed by atoms with E-state index in [4.69, 9.17) is 26.8 Å². The lowest BCUT2D eigenvalue weighted by Crippen LogP contribution is -1.97. The third-order valence-corrected chi connectivity index (χ3v) is 2.25. The predicted molar refractivity (Wildman–Crippen MR) is 64.5 cm³/mol. The Balaban J connectivity index is 2.27. The zero-order valence-electron chi connectivity index (χ0n) is 9.05. The molecule has 0 aliphatic rings. The Morgan fingerprint density at radius 2 is 2.06 bits per heavy atom. The number of nitrogen functional groups attached to an aromatic ring is 1. The van der Waals surface area contributed by atoms with Gasteiger partial charge in [-0.15, -0.1) is 0 Å². The summed E-state index contributed by atoms with van der Waals surface area (Å²) in [6, 6.07) is 7.08. The molecule has 0 atom stereocenters. The van der Waals surface area contributed by atoms with Crippen molar-refractivity contribution in [1.82, 2.24) is 9.97 Å². The van der Waals surface area contributed by atoms with Crippen LogP contribution in [0.15, 0.2) is 30.5 Å². The summed E-state index contributed by atoms with van der Waals surface area (Å²) in [5, 5.41) is 0.294. The monoisotopic (exact) mass is 251 g/mol. The van der Waals surface area contributed by atoms with Gasteiger partial charge in [-0.25, -0.2) is 4.98 Å². The molecular weight excluding hydrogens is 242 g/mol. The van der Waals surface area contributed by atoms with Crippen molar-refractivity contribution in [3.8, 4) is 17.4 Å². The topological polar surface area (TPSA) is 70.3 Å². The summed E-state index contributed by atoms with van der Waals surface area (Å²) >= 11 is 5.88. The van der Waals surface area contributed by atoms with Crippen LogP contribution in [0.2, 0.25) is 5.02 Å². The number of methoxy groups -OCH3 is 1. The number of aromatic nitrogens is 2. The summed E-state index contributed by atoms with van der Waals surface area (Å²) in [6.07, 6.45) is 1.39. The van der Waals surface area contributed by atoms with Crippen LogP contribution in [0.5, 0.6) is 17.4 Å². The summed E-state index contributed by atoms with van der Waals surface area (Å²) in [6.45, 7) is 0. The van der Waals surface area contributed by atoms with Crippen LogP contribution >= 0.6 is 11.6 Å². The molecule has 88 valence electrons. The number of ether oxygens (including phenoxy) is 2. The number of rotatable bonds is 3. The van der Waals surface area contributed by atoms with Gasteiger partial charge in [0.05, 0.1) is 13.3 Å². The molecule has 2 N–H and O–H groups in total. The Morgan fingerprint density at radius 3 is 2.82 bits per heavy atom. The highest BCUT2D eigenvalue weighted by Crippen LogP contribution is 2.28. The molecule has 0 saturated heterocycles. The quantitative estimate of drug-likeness (QED) is 0.908. The normalized spacial score (nSPS) is 10.0. The number of hydrogen-bond acceptors (Lipinski definition) is 5. The Labute approximate surface area is 103 Å². The van der Waals surface area contributed by atoms with Gasteiger partial charge >= 0.3 is 0 Å². The van der Waals surface area contributed by atoms with Crippen molar-refractivity contribution in [3.05, 3.63) is 35.5 Å². The van der Waals surface area contributed by atoms with Gasteiger partial charge in [0.1, 0.15) is 16.5 Å². The highest BCUT2D eigenvalue weighted by molar-refractivity contribution is 6.31. The van der Waals surface area contributed by atoms with Crippen molar-refractivity contribution in [2.45, 2.75) is 0 Å². The minimum Gasteiger partial charge on any atom is -0.497 e. The second-order valence-electron chi connectivity index (χ2n) is 3.16. The fourth-order valence-electron chi connectivity index (χ4n) is 1.21. The number of halogens is 1. The van der Waals surface area contributed by atoms with Crippen molar-refractivity contribution in [1.29, 1.82) is 0 Å². The molecule has 0 unspecified atom stereocenters. The van der Waals surface area contributed by atoms with E-state index in [0.29, 0.717) is 16.5 Å². The molecule has 2 rings (SSSR count). The van der Waals surface area contributed by atoms with Crippen LogP contribution in [-0.4, -0.2) is 17.1 Å². The maximum absolute atomic E-state index is 5.88. The zero-order valence-corrected chi connectivity index (χ0v) is 9.81. The van der Waals surface area contributed by atoms with Gasteiger partial charge in [0, 0.05) is 6.07 Å². The van der Waals surface area contributed by atoms with Crippen molar-refractivity contribution in [2.24, 2.45) is 0 Å². The van der Waals surface area contributed by atoms with E-state index in [1.807, 2.05) is 6.07 Å². The van der Waals surface area contributed by atoms with Gasteiger partial charge in [-0.05, 0) is 12.1 Å². The molecular formula is C11H10ClN3O2. The van der Waals surface area contributed by atoms with Gasteiger partial charge in [-0.2, -0.15) is 4.98 Å². The summed E-state index contributed by atoms with van der Waals surface area (Å²) in [5.41, 5.74) is 5.45. The predicted octanol–water partition coefficient (Wildman–Crippen LogP) is 2.51. The van der Waals surface area contributed by atoms with Crippen molar-refractivity contribution < 1.29 is 9.47 Å². The minimum absolute atomic E-state index is 0.104. The second kappa shape index (κ2) is 4.88. The Kier molecular flexibility index (Phi) is 3.30. The first kappa shape index (κ1) is 11.5. The SMILES string of the molecule is COc1cccc(Oc2nc(N)ncc2Cl)c1. The molecule has 0 radical (unpaired) electrons. The molecule has 1 aromatic carbocycles. The Morgan fingerprint density at radius 1 is 1.29 bits per heavy atom. The van der Waals surface area contributed by atoms with E-state index >= 15 is 0 Å². The average Bonchev–Trinajstić information content (AvgIpc) is 2.34. The minimum atomic E-state index is 0.104. The molecule has 0 saturated carbocycles.